The number of aromatic amines is 1. The van der Waals surface area contributed by atoms with Crippen LogP contribution in [0.25, 0.3) is 22.1 Å². The number of para-hydroxylation sites is 2. The van der Waals surface area contributed by atoms with Crippen LogP contribution >= 0.6 is 11.8 Å². The van der Waals surface area contributed by atoms with Crippen molar-refractivity contribution in [3.8, 4) is 0 Å². The van der Waals surface area contributed by atoms with Gasteiger partial charge in [0.15, 0.2) is 0 Å². The number of nitrogens with one attached hydrogen (secondary N) is 2. The zero-order valence-electron chi connectivity index (χ0n) is 17.5. The van der Waals surface area contributed by atoms with Gasteiger partial charge in [0.1, 0.15) is 5.82 Å². The van der Waals surface area contributed by atoms with E-state index in [1.807, 2.05) is 51.1 Å². The fourth-order valence-electron chi connectivity index (χ4n) is 3.48. The van der Waals surface area contributed by atoms with Crippen LogP contribution in [-0.2, 0) is 0 Å². The summed E-state index contributed by atoms with van der Waals surface area (Å²) < 4.78 is 5.36. The summed E-state index contributed by atoms with van der Waals surface area (Å²) in [5.41, 5.74) is 4.23. The Labute approximate surface area is 179 Å². The number of benzene rings is 1. The number of aromatic nitrogens is 4. The Bertz CT molecular complexity index is 1160. The molecule has 30 heavy (non-hydrogen) atoms. The van der Waals surface area contributed by atoms with E-state index in [1.54, 1.807) is 11.8 Å². The smallest absolute Gasteiger partial charge is 0.259 e. The molecule has 0 spiro atoms. The second-order valence-electron chi connectivity index (χ2n) is 7.64. The monoisotopic (exact) mass is 423 g/mol. The van der Waals surface area contributed by atoms with Gasteiger partial charge in [0.2, 0.25) is 0 Å². The highest BCUT2D eigenvalue weighted by Crippen LogP contribution is 2.27. The van der Waals surface area contributed by atoms with Crippen LogP contribution in [0.15, 0.2) is 34.9 Å². The number of aryl methyl sites for hydroxylation is 1. The number of hydrogen-bond donors (Lipinski definition) is 2. The van der Waals surface area contributed by atoms with Gasteiger partial charge in [-0.25, -0.2) is 9.97 Å². The largest absolute Gasteiger partial charge is 0.342 e. The molecule has 156 valence electrons. The van der Waals surface area contributed by atoms with Crippen LogP contribution in [0.5, 0.6) is 0 Å². The van der Waals surface area contributed by atoms with Crippen molar-refractivity contribution in [1.29, 1.82) is 0 Å². The molecular weight excluding hydrogens is 398 g/mol. The molecule has 0 aliphatic rings. The SMILES string of the molecule is CSCC[C@H](NC(=O)c1cc(C(C)C)nc2onc(C)c12)c1nc2ccccc2[nH]1. The van der Waals surface area contributed by atoms with Gasteiger partial charge in [0.25, 0.3) is 11.6 Å². The molecule has 1 atom stereocenters. The summed E-state index contributed by atoms with van der Waals surface area (Å²) in [7, 11) is 0. The number of imidazole rings is 1. The van der Waals surface area contributed by atoms with Gasteiger partial charge in [-0.15, -0.1) is 0 Å². The molecule has 4 rings (SSSR count). The van der Waals surface area contributed by atoms with Crippen LogP contribution in [0.1, 0.15) is 59.8 Å². The van der Waals surface area contributed by atoms with E-state index in [1.165, 1.54) is 0 Å². The second-order valence-corrected chi connectivity index (χ2v) is 8.63. The predicted molar refractivity (Wildman–Crippen MR) is 120 cm³/mol. The third kappa shape index (κ3) is 3.92. The Hall–Kier alpha value is -2.87. The minimum absolute atomic E-state index is 0.161. The quantitative estimate of drug-likeness (QED) is 0.445. The standard InChI is InChI=1S/C22H25N5O2S/c1-12(2)18-11-14(19-13(3)27-29-22(19)26-18)21(28)25-17(9-10-30-4)20-23-15-7-5-6-8-16(15)24-20/h5-8,11-12,17H,9-10H2,1-4H3,(H,23,24)(H,25,28)/t17-/m0/s1. The maximum absolute atomic E-state index is 13.4. The lowest BCUT2D eigenvalue weighted by molar-refractivity contribution is 0.0935. The number of nitrogens with zero attached hydrogens (tertiary/aromatic N) is 3. The van der Waals surface area contributed by atoms with E-state index in [2.05, 4.69) is 26.7 Å². The molecule has 0 aliphatic carbocycles. The van der Waals surface area contributed by atoms with E-state index in [0.29, 0.717) is 22.4 Å². The third-order valence-corrected chi connectivity index (χ3v) is 5.77. The van der Waals surface area contributed by atoms with Gasteiger partial charge in [-0.05, 0) is 49.5 Å². The minimum atomic E-state index is -0.233. The van der Waals surface area contributed by atoms with Crippen molar-refractivity contribution >= 4 is 39.8 Å². The molecule has 0 radical (unpaired) electrons. The van der Waals surface area contributed by atoms with Crippen molar-refractivity contribution < 1.29 is 9.32 Å². The molecule has 4 aromatic rings. The fourth-order valence-corrected chi connectivity index (χ4v) is 3.95. The first-order valence-corrected chi connectivity index (χ1v) is 11.4. The van der Waals surface area contributed by atoms with E-state index in [4.69, 9.17) is 9.51 Å². The topological polar surface area (TPSA) is 96.7 Å². The predicted octanol–water partition coefficient (Wildman–Crippen LogP) is 4.76. The summed E-state index contributed by atoms with van der Waals surface area (Å²) in [4.78, 5) is 26.0. The average Bonchev–Trinajstić information content (AvgIpc) is 3.34. The first-order valence-electron chi connectivity index (χ1n) is 9.99. The number of rotatable bonds is 7. The van der Waals surface area contributed by atoms with Gasteiger partial charge in [0, 0.05) is 5.69 Å². The number of fused-ring (bicyclic) bond motifs is 2. The van der Waals surface area contributed by atoms with Gasteiger partial charge in [0.05, 0.1) is 33.7 Å². The number of carbonyl (C=O) groups excluding carboxylic acids is 1. The Kier molecular flexibility index (Phi) is 5.76. The normalized spacial score (nSPS) is 12.7. The minimum Gasteiger partial charge on any atom is -0.342 e. The summed E-state index contributed by atoms with van der Waals surface area (Å²) in [5.74, 6) is 1.64. The molecule has 3 heterocycles. The molecule has 7 nitrogen and oxygen atoms in total. The molecule has 0 unspecified atom stereocenters. The summed E-state index contributed by atoms with van der Waals surface area (Å²) in [5, 5.41) is 7.85. The van der Waals surface area contributed by atoms with Gasteiger partial charge < -0.3 is 14.8 Å². The van der Waals surface area contributed by atoms with Crippen LogP contribution in [-0.4, -0.2) is 38.0 Å². The maximum Gasteiger partial charge on any atom is 0.259 e. The van der Waals surface area contributed by atoms with Crippen LogP contribution in [0.2, 0.25) is 0 Å². The van der Waals surface area contributed by atoms with E-state index < -0.39 is 0 Å². The fraction of sp³-hybridized carbons (Fsp3) is 0.364. The number of hydrogen-bond acceptors (Lipinski definition) is 6. The first-order chi connectivity index (χ1) is 14.5. The lowest BCUT2D eigenvalue weighted by Crippen LogP contribution is -2.30. The average molecular weight is 424 g/mol. The second kappa shape index (κ2) is 8.47. The number of carbonyl (C=O) groups is 1. The highest BCUT2D eigenvalue weighted by atomic mass is 32.2. The van der Waals surface area contributed by atoms with Gasteiger partial charge in [-0.3, -0.25) is 4.79 Å². The summed E-state index contributed by atoms with van der Waals surface area (Å²) in [6, 6.07) is 9.49. The lowest BCUT2D eigenvalue weighted by Gasteiger charge is -2.17. The molecule has 3 aromatic heterocycles. The number of pyridine rings is 1. The molecule has 0 saturated heterocycles. The van der Waals surface area contributed by atoms with Crippen molar-refractivity contribution in [1.82, 2.24) is 25.4 Å². The summed E-state index contributed by atoms with van der Waals surface area (Å²) in [6.07, 6.45) is 2.82. The van der Waals surface area contributed by atoms with E-state index >= 15 is 0 Å². The van der Waals surface area contributed by atoms with Gasteiger partial charge in [-0.1, -0.05) is 31.1 Å². The molecule has 8 heteroatoms. The van der Waals surface area contributed by atoms with Crippen molar-refractivity contribution in [2.45, 2.75) is 39.2 Å². The van der Waals surface area contributed by atoms with E-state index in [-0.39, 0.29) is 17.9 Å². The van der Waals surface area contributed by atoms with Crippen LogP contribution in [0.3, 0.4) is 0 Å². The highest BCUT2D eigenvalue weighted by molar-refractivity contribution is 7.98. The van der Waals surface area contributed by atoms with E-state index in [9.17, 15) is 4.79 Å². The number of thioether (sulfide) groups is 1. The highest BCUT2D eigenvalue weighted by Gasteiger charge is 2.24. The molecule has 2 N–H and O–H groups in total. The van der Waals surface area contributed by atoms with Gasteiger partial charge >= 0.3 is 0 Å². The van der Waals surface area contributed by atoms with Crippen molar-refractivity contribution in [2.75, 3.05) is 12.0 Å². The molecule has 1 aromatic carbocycles. The maximum atomic E-state index is 13.4. The van der Waals surface area contributed by atoms with Crippen molar-refractivity contribution in [3.05, 3.63) is 53.1 Å². The van der Waals surface area contributed by atoms with Crippen molar-refractivity contribution in [3.63, 3.8) is 0 Å². The zero-order chi connectivity index (χ0) is 21.3. The lowest BCUT2D eigenvalue weighted by atomic mass is 10.0. The Morgan fingerprint density at radius 3 is 2.80 bits per heavy atom. The molecule has 1 amide bonds. The molecule has 0 fully saturated rings. The molecule has 0 saturated carbocycles. The number of H-pyrrole nitrogens is 1. The van der Waals surface area contributed by atoms with E-state index in [0.717, 1.165) is 34.7 Å². The third-order valence-electron chi connectivity index (χ3n) is 5.13. The van der Waals surface area contributed by atoms with Crippen LogP contribution < -0.4 is 5.32 Å². The molecule has 0 bridgehead atoms. The summed E-state index contributed by atoms with van der Waals surface area (Å²) in [6.45, 7) is 5.90. The Morgan fingerprint density at radius 1 is 1.27 bits per heavy atom. The summed E-state index contributed by atoms with van der Waals surface area (Å²) >= 11 is 1.74. The van der Waals surface area contributed by atoms with Crippen LogP contribution in [0, 0.1) is 6.92 Å². The first kappa shape index (κ1) is 20.4. The van der Waals surface area contributed by atoms with Crippen molar-refractivity contribution in [2.24, 2.45) is 0 Å². The number of amides is 1. The zero-order valence-corrected chi connectivity index (χ0v) is 18.3. The van der Waals surface area contributed by atoms with Crippen LogP contribution in [0.4, 0.5) is 0 Å². The Balaban J connectivity index is 1.71. The molecule has 0 aliphatic heterocycles. The van der Waals surface area contributed by atoms with Gasteiger partial charge in [-0.2, -0.15) is 11.8 Å². The molecular formula is C22H25N5O2S. The Morgan fingerprint density at radius 2 is 2.07 bits per heavy atom.